The minimum Gasteiger partial charge on any atom is -0.463 e. The molecule has 5 atom stereocenters. The van der Waals surface area contributed by atoms with Gasteiger partial charge < -0.3 is 34.2 Å². The Morgan fingerprint density at radius 3 is 1.01 bits per heavy atom. The SMILES string of the molecule is CC/C=C\C/C=C\C/C=C\C/C=C\CCCCCCCCC(=O)OCC(O)COP(=O)(O)OCC(O)COP(=O)(O)OCC(COC(=O)CCCCCCCC/C=C\C/C=C\C/C=C\CCCCC)OC(=O)CCCCCCCCCCCCC. The fourth-order valence-electron chi connectivity index (χ4n) is 8.57. The monoisotopic (exact) mass is 1240 g/mol. The Kier molecular flexibility index (Phi) is 58.6. The van der Waals surface area contributed by atoms with Crippen LogP contribution in [0.3, 0.4) is 0 Å². The Morgan fingerprint density at radius 2 is 0.624 bits per heavy atom. The first-order valence-corrected chi connectivity index (χ1v) is 35.9. The molecule has 0 aromatic rings. The van der Waals surface area contributed by atoms with Gasteiger partial charge in [-0.15, -0.1) is 0 Å². The number of unbranched alkanes of at least 4 members (excludes halogenated alkanes) is 25. The molecule has 0 aliphatic heterocycles. The highest BCUT2D eigenvalue weighted by Gasteiger charge is 2.29. The fraction of sp³-hybridized carbons (Fsp3) is 0.746. The fourth-order valence-corrected chi connectivity index (χ4v) is 10.2. The lowest BCUT2D eigenvalue weighted by Gasteiger charge is -2.21. The van der Waals surface area contributed by atoms with Gasteiger partial charge in [0.1, 0.15) is 25.4 Å². The van der Waals surface area contributed by atoms with Crippen molar-refractivity contribution in [2.24, 2.45) is 0 Å². The first-order chi connectivity index (χ1) is 41.2. The van der Waals surface area contributed by atoms with Crippen molar-refractivity contribution in [1.82, 2.24) is 0 Å². The topological polar surface area (TPSA) is 231 Å². The lowest BCUT2D eigenvalue weighted by molar-refractivity contribution is -0.161. The summed E-state index contributed by atoms with van der Waals surface area (Å²) in [6.07, 6.45) is 63.5. The number of phosphoric ester groups is 2. The smallest absolute Gasteiger partial charge is 0.463 e. The molecule has 0 aromatic carbocycles. The molecule has 0 amide bonds. The maximum absolute atomic E-state index is 12.9. The second kappa shape index (κ2) is 61.0. The highest BCUT2D eigenvalue weighted by molar-refractivity contribution is 7.47. The second-order valence-electron chi connectivity index (χ2n) is 21.9. The predicted octanol–water partition coefficient (Wildman–Crippen LogP) is 17.8. The Hall–Kier alpha value is -3.27. The van der Waals surface area contributed by atoms with Crippen LogP contribution in [0.15, 0.2) is 85.1 Å². The third kappa shape index (κ3) is 62.1. The van der Waals surface area contributed by atoms with Crippen LogP contribution in [0.5, 0.6) is 0 Å². The number of hydrogen-bond donors (Lipinski definition) is 4. The predicted molar refractivity (Wildman–Crippen MR) is 344 cm³/mol. The first kappa shape index (κ1) is 81.7. The average molecular weight is 1240 g/mol. The van der Waals surface area contributed by atoms with Crippen molar-refractivity contribution in [3.05, 3.63) is 85.1 Å². The number of aliphatic hydroxyl groups excluding tert-OH is 2. The molecule has 16 nitrogen and oxygen atoms in total. The van der Waals surface area contributed by atoms with Crippen LogP contribution >= 0.6 is 15.6 Å². The normalized spacial score (nSPS) is 14.9. The van der Waals surface area contributed by atoms with Gasteiger partial charge in [-0.05, 0) is 96.3 Å². The number of carbonyl (C=O) groups excluding carboxylic acids is 3. The summed E-state index contributed by atoms with van der Waals surface area (Å²) in [5.41, 5.74) is 0. The lowest BCUT2D eigenvalue weighted by Crippen LogP contribution is -2.30. The first-order valence-electron chi connectivity index (χ1n) is 32.9. The van der Waals surface area contributed by atoms with Crippen LogP contribution in [0.1, 0.15) is 265 Å². The van der Waals surface area contributed by atoms with Crippen molar-refractivity contribution in [3.63, 3.8) is 0 Å². The summed E-state index contributed by atoms with van der Waals surface area (Å²) in [4.78, 5) is 58.2. The maximum Gasteiger partial charge on any atom is 0.472 e. The van der Waals surface area contributed by atoms with Crippen LogP contribution in [0.2, 0.25) is 0 Å². The van der Waals surface area contributed by atoms with E-state index in [0.717, 1.165) is 148 Å². The molecule has 0 bridgehead atoms. The van der Waals surface area contributed by atoms with Gasteiger partial charge in [0.05, 0.1) is 26.4 Å². The number of hydrogen-bond acceptors (Lipinski definition) is 14. The number of rotatable bonds is 62. The Morgan fingerprint density at radius 1 is 0.341 bits per heavy atom. The van der Waals surface area contributed by atoms with Crippen molar-refractivity contribution < 1.29 is 75.8 Å². The molecule has 0 fully saturated rings. The number of phosphoric acid groups is 2. The zero-order valence-electron chi connectivity index (χ0n) is 53.0. The number of allylic oxidation sites excluding steroid dienone is 14. The molecule has 4 N–H and O–H groups in total. The third-order valence-corrected chi connectivity index (χ3v) is 15.5. The molecule has 0 aromatic heterocycles. The molecule has 0 saturated carbocycles. The van der Waals surface area contributed by atoms with Crippen LogP contribution in [0.25, 0.3) is 0 Å². The standard InChI is InChI=1S/C67H118O16P2/c1-4-7-10-13-16-19-22-24-26-28-30-32-34-36-39-41-44-47-50-53-65(70)77-56-62(68)57-79-84(73,74)80-58-63(69)59-81-85(75,76)82-61-64(83-67(72)55-52-49-46-43-38-21-18-15-12-9-6-3)60-78-66(71)54-51-48-45-42-40-37-35-33-31-29-27-25-23-20-17-14-11-8-5-2/h7,10,16-17,19-20,24-27,30-33,62-64,68-69H,4-6,8-9,11-15,18,21-23,28-29,34-61H2,1-3H3,(H,73,74)(H,75,76)/b10-7-,19-16-,20-17-,26-24-,27-25-,32-30-,33-31-. The molecule has 0 aliphatic carbocycles. The molecule has 0 saturated heterocycles. The summed E-state index contributed by atoms with van der Waals surface area (Å²) in [6, 6.07) is 0. The van der Waals surface area contributed by atoms with Crippen molar-refractivity contribution in [2.75, 3.05) is 39.6 Å². The van der Waals surface area contributed by atoms with Gasteiger partial charge in [0, 0.05) is 19.3 Å². The van der Waals surface area contributed by atoms with Crippen molar-refractivity contribution in [2.45, 2.75) is 283 Å². The van der Waals surface area contributed by atoms with Crippen LogP contribution in [0, 0.1) is 0 Å². The summed E-state index contributed by atoms with van der Waals surface area (Å²) in [7, 11) is -9.77. The molecule has 0 spiro atoms. The highest BCUT2D eigenvalue weighted by Crippen LogP contribution is 2.45. The van der Waals surface area contributed by atoms with E-state index in [4.69, 9.17) is 32.3 Å². The van der Waals surface area contributed by atoms with Crippen LogP contribution in [0.4, 0.5) is 0 Å². The van der Waals surface area contributed by atoms with E-state index in [1.807, 2.05) is 0 Å². The number of ether oxygens (including phenoxy) is 3. The molecule has 0 rings (SSSR count). The van der Waals surface area contributed by atoms with E-state index in [9.17, 15) is 43.5 Å². The van der Waals surface area contributed by atoms with Crippen LogP contribution in [-0.2, 0) is 55.8 Å². The number of aliphatic hydroxyl groups is 2. The molecule has 18 heteroatoms. The van der Waals surface area contributed by atoms with E-state index < -0.39 is 91.5 Å². The van der Waals surface area contributed by atoms with Gasteiger partial charge in [-0.3, -0.25) is 32.5 Å². The molecule has 0 radical (unpaired) electrons. The van der Waals surface area contributed by atoms with Crippen molar-refractivity contribution >= 4 is 33.6 Å². The quantitative estimate of drug-likeness (QED) is 0.0146. The van der Waals surface area contributed by atoms with Gasteiger partial charge in [-0.2, -0.15) is 0 Å². The summed E-state index contributed by atoms with van der Waals surface area (Å²) < 4.78 is 60.7. The zero-order chi connectivity index (χ0) is 62.4. The highest BCUT2D eigenvalue weighted by atomic mass is 31.2. The third-order valence-electron chi connectivity index (χ3n) is 13.6. The van der Waals surface area contributed by atoms with Gasteiger partial charge in [-0.25, -0.2) is 9.13 Å². The van der Waals surface area contributed by atoms with E-state index >= 15 is 0 Å². The zero-order valence-corrected chi connectivity index (χ0v) is 54.8. The molecule has 492 valence electrons. The van der Waals surface area contributed by atoms with E-state index in [0.29, 0.717) is 19.3 Å². The number of carbonyl (C=O) groups is 3. The summed E-state index contributed by atoms with van der Waals surface area (Å²) in [5.74, 6) is -1.60. The van der Waals surface area contributed by atoms with E-state index in [1.165, 1.54) is 57.8 Å². The van der Waals surface area contributed by atoms with E-state index in [-0.39, 0.29) is 19.3 Å². The molecular formula is C67H118O16P2. The molecule has 0 aliphatic rings. The van der Waals surface area contributed by atoms with Gasteiger partial charge in [-0.1, -0.05) is 234 Å². The van der Waals surface area contributed by atoms with Gasteiger partial charge in [0.2, 0.25) is 0 Å². The van der Waals surface area contributed by atoms with Gasteiger partial charge >= 0.3 is 33.6 Å². The second-order valence-corrected chi connectivity index (χ2v) is 24.8. The maximum atomic E-state index is 12.9. The largest absolute Gasteiger partial charge is 0.472 e. The number of esters is 3. The Balaban J connectivity index is 4.63. The molecule has 85 heavy (non-hydrogen) atoms. The minimum absolute atomic E-state index is 0.104. The van der Waals surface area contributed by atoms with E-state index in [2.05, 4.69) is 106 Å². The van der Waals surface area contributed by atoms with Crippen LogP contribution < -0.4 is 0 Å². The van der Waals surface area contributed by atoms with Crippen molar-refractivity contribution in [1.29, 1.82) is 0 Å². The summed E-state index contributed by atoms with van der Waals surface area (Å²) in [5, 5.41) is 20.5. The molecular weight excluding hydrogens is 1120 g/mol. The molecule has 5 unspecified atom stereocenters. The van der Waals surface area contributed by atoms with Crippen LogP contribution in [-0.4, -0.2) is 95.9 Å². The minimum atomic E-state index is -4.92. The lowest BCUT2D eigenvalue weighted by atomic mass is 10.1. The van der Waals surface area contributed by atoms with E-state index in [1.54, 1.807) is 0 Å². The average Bonchev–Trinajstić information content (AvgIpc) is 3.60. The summed E-state index contributed by atoms with van der Waals surface area (Å²) in [6.45, 7) is 2.49. The molecule has 0 heterocycles. The van der Waals surface area contributed by atoms with Crippen molar-refractivity contribution in [3.8, 4) is 0 Å². The Labute approximate surface area is 515 Å². The Bertz CT molecular complexity index is 1900. The van der Waals surface area contributed by atoms with Gasteiger partial charge in [0.25, 0.3) is 0 Å². The summed E-state index contributed by atoms with van der Waals surface area (Å²) >= 11 is 0. The van der Waals surface area contributed by atoms with Gasteiger partial charge in [0.15, 0.2) is 6.10 Å².